The van der Waals surface area contributed by atoms with Crippen LogP contribution in [0.15, 0.2) is 54.6 Å². The molecule has 34 heavy (non-hydrogen) atoms. The number of nitrogens with zero attached hydrogens (tertiary/aromatic N) is 1. The normalized spacial score (nSPS) is 25.8. The molecule has 2 aromatic carbocycles. The number of aliphatic carboxylic acids is 1. The molecule has 0 radical (unpaired) electrons. The van der Waals surface area contributed by atoms with Gasteiger partial charge in [-0.25, -0.2) is 0 Å². The number of ether oxygens (including phenoxy) is 1. The van der Waals surface area contributed by atoms with E-state index in [1.807, 2.05) is 49.4 Å². The minimum Gasteiger partial charge on any atom is -0.494 e. The van der Waals surface area contributed by atoms with Crippen molar-refractivity contribution in [3.05, 3.63) is 65.7 Å². The molecule has 176 valence electrons. The van der Waals surface area contributed by atoms with Gasteiger partial charge in [-0.3, -0.25) is 24.6 Å². The number of hydrogen-bond acceptors (Lipinski definition) is 5. The number of nitrogens with one attached hydrogen (secondary N) is 1. The minimum atomic E-state index is -1.63. The van der Waals surface area contributed by atoms with E-state index in [-0.39, 0.29) is 25.3 Å². The third-order valence-corrected chi connectivity index (χ3v) is 6.64. The highest BCUT2D eigenvalue weighted by atomic mass is 16.5. The second-order valence-corrected chi connectivity index (χ2v) is 8.76. The Balaban J connectivity index is 1.76. The number of fused-ring (bicyclic) bond motifs is 1. The fraction of sp³-hybridized carbons (Fsp3) is 0.370. The number of hydrogen-bond donors (Lipinski definition) is 2. The summed E-state index contributed by atoms with van der Waals surface area (Å²) in [5.74, 6) is -0.758. The van der Waals surface area contributed by atoms with Crippen LogP contribution in [0.4, 0.5) is 0 Å². The molecule has 2 N–H and O–H groups in total. The Morgan fingerprint density at radius 2 is 1.85 bits per heavy atom. The largest absolute Gasteiger partial charge is 0.494 e. The van der Waals surface area contributed by atoms with Gasteiger partial charge in [0.1, 0.15) is 11.3 Å². The summed E-state index contributed by atoms with van der Waals surface area (Å²) >= 11 is 0. The highest BCUT2D eigenvalue weighted by Gasteiger charge is 2.68. The van der Waals surface area contributed by atoms with Crippen LogP contribution in [0.1, 0.15) is 36.9 Å². The van der Waals surface area contributed by atoms with Gasteiger partial charge in [-0.05, 0) is 29.7 Å². The van der Waals surface area contributed by atoms with Crippen LogP contribution in [0.5, 0.6) is 5.75 Å². The molecule has 2 fully saturated rings. The summed E-state index contributed by atoms with van der Waals surface area (Å²) < 4.78 is 5.65. The number of carbonyl (C=O) groups excluding carboxylic acids is 2. The summed E-state index contributed by atoms with van der Waals surface area (Å²) in [6.45, 7) is 2.69. The molecular formula is C27H28N2O5. The van der Waals surface area contributed by atoms with E-state index in [4.69, 9.17) is 11.2 Å². The number of carboxylic acid groups (broad SMARTS) is 1. The van der Waals surface area contributed by atoms with Crippen molar-refractivity contribution in [3.63, 3.8) is 0 Å². The molecular weight excluding hydrogens is 432 g/mol. The fourth-order valence-corrected chi connectivity index (χ4v) is 5.09. The van der Waals surface area contributed by atoms with Crippen molar-refractivity contribution < 1.29 is 24.2 Å². The lowest BCUT2D eigenvalue weighted by Crippen LogP contribution is -2.57. The second kappa shape index (κ2) is 9.70. The maximum absolute atomic E-state index is 13.5. The topological polar surface area (TPSA) is 95.9 Å². The maximum atomic E-state index is 13.5. The van der Waals surface area contributed by atoms with Crippen LogP contribution >= 0.6 is 0 Å². The number of amides is 2. The van der Waals surface area contributed by atoms with Gasteiger partial charge in [0.05, 0.1) is 18.4 Å². The first kappa shape index (κ1) is 23.5. The number of imide groups is 1. The van der Waals surface area contributed by atoms with Crippen LogP contribution < -0.4 is 10.1 Å². The molecule has 0 bridgehead atoms. The average Bonchev–Trinajstić information content (AvgIpc) is 3.31. The van der Waals surface area contributed by atoms with Gasteiger partial charge in [-0.15, -0.1) is 12.3 Å². The SMILES string of the molecule is C#CCCN1C(=O)C2C(c3ccc(OCCC)cc3)NC(Cc3ccccc3)(C(=O)O)C2C1=O. The molecule has 0 aromatic heterocycles. The van der Waals surface area contributed by atoms with E-state index in [0.29, 0.717) is 12.4 Å². The quantitative estimate of drug-likeness (QED) is 0.441. The van der Waals surface area contributed by atoms with Gasteiger partial charge < -0.3 is 9.84 Å². The molecule has 4 unspecified atom stereocenters. The van der Waals surface area contributed by atoms with Gasteiger partial charge in [0.25, 0.3) is 0 Å². The highest BCUT2D eigenvalue weighted by Crippen LogP contribution is 2.50. The summed E-state index contributed by atoms with van der Waals surface area (Å²) in [6.07, 6.45) is 6.53. The van der Waals surface area contributed by atoms with Crippen molar-refractivity contribution in [2.24, 2.45) is 11.8 Å². The van der Waals surface area contributed by atoms with Crippen LogP contribution in [0.3, 0.4) is 0 Å². The first-order valence-corrected chi connectivity index (χ1v) is 11.5. The number of rotatable bonds is 9. The van der Waals surface area contributed by atoms with Gasteiger partial charge in [-0.2, -0.15) is 0 Å². The zero-order valence-electron chi connectivity index (χ0n) is 19.1. The van der Waals surface area contributed by atoms with Gasteiger partial charge in [-0.1, -0.05) is 49.4 Å². The van der Waals surface area contributed by atoms with Crippen LogP contribution in [0.25, 0.3) is 0 Å². The van der Waals surface area contributed by atoms with Crippen LogP contribution in [-0.2, 0) is 20.8 Å². The maximum Gasteiger partial charge on any atom is 0.325 e. The van der Waals surface area contributed by atoms with Gasteiger partial charge in [0.15, 0.2) is 0 Å². The summed E-state index contributed by atoms with van der Waals surface area (Å²) in [6, 6.07) is 15.8. The van der Waals surface area contributed by atoms with Gasteiger partial charge >= 0.3 is 5.97 Å². The van der Waals surface area contributed by atoms with Crippen LogP contribution in [0, 0.1) is 24.2 Å². The molecule has 2 amide bonds. The molecule has 4 atom stereocenters. The van der Waals surface area contributed by atoms with Crippen molar-refractivity contribution in [1.29, 1.82) is 0 Å². The number of carboxylic acids is 1. The Morgan fingerprint density at radius 1 is 1.15 bits per heavy atom. The molecule has 2 aliphatic heterocycles. The number of likely N-dealkylation sites (tertiary alicyclic amines) is 1. The summed E-state index contributed by atoms with van der Waals surface area (Å²) in [4.78, 5) is 40.9. The third-order valence-electron chi connectivity index (χ3n) is 6.64. The minimum absolute atomic E-state index is 0.0700. The molecule has 7 nitrogen and oxygen atoms in total. The van der Waals surface area contributed by atoms with E-state index >= 15 is 0 Å². The van der Waals surface area contributed by atoms with Gasteiger partial charge in [0.2, 0.25) is 11.8 Å². The van der Waals surface area contributed by atoms with Crippen LogP contribution in [0.2, 0.25) is 0 Å². The molecule has 0 spiro atoms. The number of carbonyl (C=O) groups is 3. The van der Waals surface area contributed by atoms with Crippen molar-refractivity contribution >= 4 is 17.8 Å². The fourth-order valence-electron chi connectivity index (χ4n) is 5.09. The molecule has 4 rings (SSSR count). The third kappa shape index (κ3) is 4.06. The van der Waals surface area contributed by atoms with E-state index in [0.717, 1.165) is 22.4 Å². The Bertz CT molecular complexity index is 1110. The monoisotopic (exact) mass is 460 g/mol. The van der Waals surface area contributed by atoms with Crippen molar-refractivity contribution in [2.75, 3.05) is 13.2 Å². The number of benzene rings is 2. The molecule has 7 heteroatoms. The first-order valence-electron chi connectivity index (χ1n) is 11.5. The second-order valence-electron chi connectivity index (χ2n) is 8.76. The lowest BCUT2D eigenvalue weighted by atomic mass is 9.76. The standard InChI is InChI=1S/C27H28N2O5/c1-3-5-15-29-24(30)21-22(25(29)31)27(26(32)33,17-18-9-7-6-8-10-18)28-23(21)19-11-13-20(14-12-19)34-16-4-2/h1,6-14,21-23,28H,4-5,15-17H2,2H3,(H,32,33). The van der Waals surface area contributed by atoms with Gasteiger partial charge in [0, 0.05) is 25.4 Å². The van der Waals surface area contributed by atoms with E-state index in [1.165, 1.54) is 0 Å². The van der Waals surface area contributed by atoms with Crippen molar-refractivity contribution in [2.45, 2.75) is 37.8 Å². The highest BCUT2D eigenvalue weighted by molar-refractivity contribution is 6.09. The Morgan fingerprint density at radius 3 is 2.47 bits per heavy atom. The molecule has 0 aliphatic carbocycles. The van der Waals surface area contributed by atoms with E-state index in [1.54, 1.807) is 12.1 Å². The number of terminal acetylenes is 1. The predicted octanol–water partition coefficient (Wildman–Crippen LogP) is 2.81. The summed E-state index contributed by atoms with van der Waals surface area (Å²) in [5, 5.41) is 13.7. The Labute approximate surface area is 199 Å². The Hall–Kier alpha value is -3.63. The van der Waals surface area contributed by atoms with Crippen molar-refractivity contribution in [3.8, 4) is 18.1 Å². The Kier molecular flexibility index (Phi) is 6.71. The lowest BCUT2D eigenvalue weighted by molar-refractivity contribution is -0.151. The molecule has 0 saturated carbocycles. The van der Waals surface area contributed by atoms with E-state index in [2.05, 4.69) is 11.2 Å². The first-order chi connectivity index (χ1) is 16.4. The molecule has 2 aromatic rings. The summed E-state index contributed by atoms with van der Waals surface area (Å²) in [5.41, 5.74) is -0.136. The lowest BCUT2D eigenvalue weighted by Gasteiger charge is -2.31. The van der Waals surface area contributed by atoms with Crippen LogP contribution in [-0.4, -0.2) is 46.5 Å². The zero-order chi connectivity index (χ0) is 24.3. The predicted molar refractivity (Wildman–Crippen MR) is 126 cm³/mol. The van der Waals surface area contributed by atoms with E-state index in [9.17, 15) is 19.5 Å². The molecule has 2 aliphatic rings. The van der Waals surface area contributed by atoms with Crippen molar-refractivity contribution in [1.82, 2.24) is 10.2 Å². The zero-order valence-corrected chi connectivity index (χ0v) is 19.1. The summed E-state index contributed by atoms with van der Waals surface area (Å²) in [7, 11) is 0. The van der Waals surface area contributed by atoms with E-state index < -0.39 is 35.3 Å². The molecule has 2 heterocycles. The average molecular weight is 461 g/mol. The molecule has 2 saturated heterocycles. The smallest absolute Gasteiger partial charge is 0.325 e.